The van der Waals surface area contributed by atoms with Gasteiger partial charge in [0.2, 0.25) is 5.91 Å². The molecule has 0 aliphatic heterocycles. The van der Waals surface area contributed by atoms with Gasteiger partial charge in [0.05, 0.1) is 13.7 Å². The SMILES string of the molecule is COc1ccccc1CN(C)C(=O)CCCOc1ccc(C(C)=O)cc1. The van der Waals surface area contributed by atoms with E-state index in [2.05, 4.69) is 0 Å². The van der Waals surface area contributed by atoms with Gasteiger partial charge in [-0.3, -0.25) is 9.59 Å². The summed E-state index contributed by atoms with van der Waals surface area (Å²) in [5, 5.41) is 0. The number of carbonyl (C=O) groups is 2. The van der Waals surface area contributed by atoms with E-state index in [-0.39, 0.29) is 11.7 Å². The highest BCUT2D eigenvalue weighted by molar-refractivity contribution is 5.94. The third-order valence-electron chi connectivity index (χ3n) is 4.09. The van der Waals surface area contributed by atoms with E-state index in [1.165, 1.54) is 6.92 Å². The van der Waals surface area contributed by atoms with Gasteiger partial charge >= 0.3 is 0 Å². The zero-order valence-electron chi connectivity index (χ0n) is 15.5. The van der Waals surface area contributed by atoms with Crippen LogP contribution in [-0.2, 0) is 11.3 Å². The topological polar surface area (TPSA) is 55.8 Å². The third kappa shape index (κ3) is 5.62. The van der Waals surface area contributed by atoms with Crippen molar-refractivity contribution in [3.8, 4) is 11.5 Å². The lowest BCUT2D eigenvalue weighted by Crippen LogP contribution is -2.26. The molecule has 0 unspecified atom stereocenters. The Balaban J connectivity index is 1.75. The molecule has 0 saturated heterocycles. The summed E-state index contributed by atoms with van der Waals surface area (Å²) in [6.07, 6.45) is 1.04. The molecular formula is C21H25NO4. The number of Topliss-reactive ketones (excluding diaryl/α,β-unsaturated/α-hetero) is 1. The molecule has 0 aliphatic rings. The lowest BCUT2D eigenvalue weighted by molar-refractivity contribution is -0.130. The van der Waals surface area contributed by atoms with Crippen molar-refractivity contribution in [1.82, 2.24) is 4.90 Å². The summed E-state index contributed by atoms with van der Waals surface area (Å²) < 4.78 is 10.9. The van der Waals surface area contributed by atoms with Crippen LogP contribution in [-0.4, -0.2) is 37.4 Å². The molecule has 5 nitrogen and oxygen atoms in total. The largest absolute Gasteiger partial charge is 0.496 e. The molecule has 2 aromatic rings. The first kappa shape index (κ1) is 19.5. The van der Waals surface area contributed by atoms with E-state index in [9.17, 15) is 9.59 Å². The van der Waals surface area contributed by atoms with Crippen molar-refractivity contribution in [1.29, 1.82) is 0 Å². The van der Waals surface area contributed by atoms with Gasteiger partial charge in [-0.05, 0) is 43.7 Å². The van der Waals surface area contributed by atoms with Crippen molar-refractivity contribution in [3.05, 3.63) is 59.7 Å². The van der Waals surface area contributed by atoms with Crippen molar-refractivity contribution in [3.63, 3.8) is 0 Å². The standard InChI is InChI=1S/C21H25NO4/c1-16(23)17-10-12-19(13-11-17)26-14-6-9-21(24)22(2)15-18-7-4-5-8-20(18)25-3/h4-5,7-8,10-13H,6,9,14-15H2,1-3H3. The van der Waals surface area contributed by atoms with Crippen LogP contribution in [0.25, 0.3) is 0 Å². The molecule has 5 heteroatoms. The molecule has 138 valence electrons. The summed E-state index contributed by atoms with van der Waals surface area (Å²) >= 11 is 0. The van der Waals surface area contributed by atoms with Crippen molar-refractivity contribution >= 4 is 11.7 Å². The maximum absolute atomic E-state index is 12.3. The number of rotatable bonds is 9. The van der Waals surface area contributed by atoms with Gasteiger partial charge < -0.3 is 14.4 Å². The molecule has 0 aromatic heterocycles. The first-order valence-electron chi connectivity index (χ1n) is 8.61. The average Bonchev–Trinajstić information content (AvgIpc) is 2.65. The van der Waals surface area contributed by atoms with E-state index in [4.69, 9.17) is 9.47 Å². The number of benzene rings is 2. The number of carbonyl (C=O) groups excluding carboxylic acids is 2. The van der Waals surface area contributed by atoms with E-state index in [1.807, 2.05) is 24.3 Å². The van der Waals surface area contributed by atoms with Gasteiger partial charge in [0.1, 0.15) is 11.5 Å². The van der Waals surface area contributed by atoms with Gasteiger partial charge in [-0.25, -0.2) is 0 Å². The summed E-state index contributed by atoms with van der Waals surface area (Å²) in [4.78, 5) is 25.2. The van der Waals surface area contributed by atoms with E-state index >= 15 is 0 Å². The van der Waals surface area contributed by atoms with E-state index in [0.717, 1.165) is 11.3 Å². The summed E-state index contributed by atoms with van der Waals surface area (Å²) in [6.45, 7) is 2.49. The minimum Gasteiger partial charge on any atom is -0.496 e. The second kappa shape index (κ2) is 9.61. The number of hydrogen-bond donors (Lipinski definition) is 0. The molecule has 0 fully saturated rings. The fourth-order valence-corrected chi connectivity index (χ4v) is 2.57. The smallest absolute Gasteiger partial charge is 0.222 e. The molecule has 0 bridgehead atoms. The monoisotopic (exact) mass is 355 g/mol. The zero-order valence-corrected chi connectivity index (χ0v) is 15.5. The molecule has 0 heterocycles. The number of amides is 1. The first-order chi connectivity index (χ1) is 12.5. The predicted octanol–water partition coefficient (Wildman–Crippen LogP) is 3.72. The van der Waals surface area contributed by atoms with Crippen molar-refractivity contribution in [2.45, 2.75) is 26.3 Å². The zero-order chi connectivity index (χ0) is 18.9. The fourth-order valence-electron chi connectivity index (χ4n) is 2.57. The average molecular weight is 355 g/mol. The lowest BCUT2D eigenvalue weighted by atomic mass is 10.1. The van der Waals surface area contributed by atoms with Crippen molar-refractivity contribution in [2.75, 3.05) is 20.8 Å². The molecule has 26 heavy (non-hydrogen) atoms. The second-order valence-electron chi connectivity index (χ2n) is 6.09. The highest BCUT2D eigenvalue weighted by Crippen LogP contribution is 2.19. The van der Waals surface area contributed by atoms with E-state index in [1.54, 1.807) is 43.3 Å². The molecule has 2 rings (SSSR count). The van der Waals surface area contributed by atoms with E-state index < -0.39 is 0 Å². The number of methoxy groups -OCH3 is 1. The summed E-state index contributed by atoms with van der Waals surface area (Å²) in [5.41, 5.74) is 1.64. The van der Waals surface area contributed by atoms with Gasteiger partial charge in [0, 0.05) is 31.1 Å². The summed E-state index contributed by atoms with van der Waals surface area (Å²) in [5.74, 6) is 1.57. The Morgan fingerprint density at radius 1 is 1.04 bits per heavy atom. The number of hydrogen-bond acceptors (Lipinski definition) is 4. The summed E-state index contributed by atoms with van der Waals surface area (Å²) in [6, 6.07) is 14.7. The molecule has 0 spiro atoms. The number of ether oxygens (including phenoxy) is 2. The van der Waals surface area contributed by atoms with Crippen LogP contribution in [0.15, 0.2) is 48.5 Å². The highest BCUT2D eigenvalue weighted by atomic mass is 16.5. The van der Waals surface area contributed by atoms with Gasteiger partial charge in [-0.2, -0.15) is 0 Å². The molecule has 2 aromatic carbocycles. The molecular weight excluding hydrogens is 330 g/mol. The van der Waals surface area contributed by atoms with Crippen LogP contribution < -0.4 is 9.47 Å². The maximum Gasteiger partial charge on any atom is 0.222 e. The third-order valence-corrected chi connectivity index (χ3v) is 4.09. The van der Waals surface area contributed by atoms with Gasteiger partial charge in [0.25, 0.3) is 0 Å². The molecule has 0 saturated carbocycles. The minimum atomic E-state index is 0.0280. The van der Waals surface area contributed by atoms with Crippen LogP contribution in [0.5, 0.6) is 11.5 Å². The van der Waals surface area contributed by atoms with Crippen LogP contribution in [0.4, 0.5) is 0 Å². The van der Waals surface area contributed by atoms with Crippen LogP contribution in [0, 0.1) is 0 Å². The normalized spacial score (nSPS) is 10.3. The Morgan fingerprint density at radius 3 is 2.38 bits per heavy atom. The molecule has 0 atom stereocenters. The summed E-state index contributed by atoms with van der Waals surface area (Å²) in [7, 11) is 3.41. The fraction of sp³-hybridized carbons (Fsp3) is 0.333. The second-order valence-corrected chi connectivity index (χ2v) is 6.09. The quantitative estimate of drug-likeness (QED) is 0.508. The number of nitrogens with zero attached hydrogens (tertiary/aromatic N) is 1. The Morgan fingerprint density at radius 2 is 1.73 bits per heavy atom. The molecule has 0 N–H and O–H groups in total. The minimum absolute atomic E-state index is 0.0280. The molecule has 1 amide bonds. The van der Waals surface area contributed by atoms with Crippen LogP contribution >= 0.6 is 0 Å². The Hall–Kier alpha value is -2.82. The number of para-hydroxylation sites is 1. The molecule has 0 radical (unpaired) electrons. The van der Waals surface area contributed by atoms with Crippen molar-refractivity contribution in [2.24, 2.45) is 0 Å². The Kier molecular flexibility index (Phi) is 7.21. The van der Waals surface area contributed by atoms with Crippen molar-refractivity contribution < 1.29 is 19.1 Å². The van der Waals surface area contributed by atoms with Gasteiger partial charge in [0.15, 0.2) is 5.78 Å². The Labute approximate surface area is 154 Å². The Bertz CT molecular complexity index is 740. The maximum atomic E-state index is 12.3. The first-order valence-corrected chi connectivity index (χ1v) is 8.61. The van der Waals surface area contributed by atoms with Gasteiger partial charge in [-0.15, -0.1) is 0 Å². The van der Waals surface area contributed by atoms with Crippen LogP contribution in [0.2, 0.25) is 0 Å². The molecule has 0 aliphatic carbocycles. The van der Waals surface area contributed by atoms with Crippen LogP contribution in [0.3, 0.4) is 0 Å². The highest BCUT2D eigenvalue weighted by Gasteiger charge is 2.11. The van der Waals surface area contributed by atoms with Crippen LogP contribution in [0.1, 0.15) is 35.7 Å². The number of ketones is 1. The predicted molar refractivity (Wildman–Crippen MR) is 101 cm³/mol. The lowest BCUT2D eigenvalue weighted by Gasteiger charge is -2.19. The van der Waals surface area contributed by atoms with Gasteiger partial charge in [-0.1, -0.05) is 18.2 Å². The van der Waals surface area contributed by atoms with E-state index in [0.29, 0.717) is 37.3 Å².